The maximum absolute atomic E-state index is 14.0. The number of carbonyl (C=O) groups is 1. The Morgan fingerprint density at radius 1 is 1.03 bits per heavy atom. The molecule has 178 valence electrons. The molecule has 4 aromatic rings. The fraction of sp³-hybridized carbons (Fsp3) is 0.280. The highest BCUT2D eigenvalue weighted by atomic mass is 19.2. The Morgan fingerprint density at radius 3 is 2.51 bits per heavy atom. The lowest BCUT2D eigenvalue weighted by Crippen LogP contribution is -2.49. The summed E-state index contributed by atoms with van der Waals surface area (Å²) in [4.78, 5) is 15.6. The Hall–Kier alpha value is -3.95. The minimum Gasteiger partial charge on any atom is -0.327 e. The van der Waals surface area contributed by atoms with Gasteiger partial charge in [-0.1, -0.05) is 6.07 Å². The second kappa shape index (κ2) is 8.07. The first-order valence-corrected chi connectivity index (χ1v) is 11.4. The first-order valence-electron chi connectivity index (χ1n) is 11.4. The molecule has 0 radical (unpaired) electrons. The van der Waals surface area contributed by atoms with Crippen molar-refractivity contribution in [1.82, 2.24) is 29.4 Å². The lowest BCUT2D eigenvalue weighted by molar-refractivity contribution is 0.0392. The van der Waals surface area contributed by atoms with Gasteiger partial charge in [0.25, 0.3) is 5.91 Å². The Kier molecular flexibility index (Phi) is 4.98. The summed E-state index contributed by atoms with van der Waals surface area (Å²) in [7, 11) is 1.70. The van der Waals surface area contributed by atoms with Gasteiger partial charge in [-0.3, -0.25) is 14.0 Å². The van der Waals surface area contributed by atoms with Crippen LogP contribution < -0.4 is 0 Å². The van der Waals surface area contributed by atoms with Gasteiger partial charge in [0.2, 0.25) is 0 Å². The van der Waals surface area contributed by atoms with E-state index in [9.17, 15) is 18.0 Å². The van der Waals surface area contributed by atoms with Gasteiger partial charge in [0.15, 0.2) is 17.5 Å². The lowest BCUT2D eigenvalue weighted by atomic mass is 9.81. The molecule has 10 heteroatoms. The van der Waals surface area contributed by atoms with Crippen LogP contribution in [0.4, 0.5) is 13.2 Å². The van der Waals surface area contributed by atoms with Crippen LogP contribution >= 0.6 is 0 Å². The largest absolute Gasteiger partial charge is 0.327 e. The van der Waals surface area contributed by atoms with Gasteiger partial charge in [-0.15, -0.1) is 10.2 Å². The molecular weight excluding hydrogens is 457 g/mol. The van der Waals surface area contributed by atoms with E-state index in [0.717, 1.165) is 48.3 Å². The molecule has 0 saturated carbocycles. The third-order valence-electron chi connectivity index (χ3n) is 6.98. The van der Waals surface area contributed by atoms with Crippen LogP contribution in [0.5, 0.6) is 0 Å². The van der Waals surface area contributed by atoms with Crippen LogP contribution in [-0.4, -0.2) is 41.4 Å². The maximum atomic E-state index is 14.0. The van der Waals surface area contributed by atoms with Crippen LogP contribution in [0.2, 0.25) is 0 Å². The molecule has 4 heterocycles. The lowest BCUT2D eigenvalue weighted by Gasteiger charge is -2.45. The normalized spacial score (nSPS) is 19.0. The SMILES string of the molecule is Cn1nc2c(c1-c1cc(F)c(F)c(F)c1)C[C@H]1CCC[C@@H]2N1C(=O)c1cccc(-n2cnnc2)c1. The Labute approximate surface area is 198 Å². The monoisotopic (exact) mass is 478 g/mol. The highest BCUT2D eigenvalue weighted by Crippen LogP contribution is 2.45. The number of aryl methyl sites for hydroxylation is 1. The minimum absolute atomic E-state index is 0.0783. The number of piperidine rings is 1. The van der Waals surface area contributed by atoms with E-state index in [4.69, 9.17) is 0 Å². The first-order chi connectivity index (χ1) is 16.9. The van der Waals surface area contributed by atoms with E-state index in [1.807, 2.05) is 23.1 Å². The number of amides is 1. The van der Waals surface area contributed by atoms with Crippen molar-refractivity contribution in [3.8, 4) is 16.9 Å². The predicted octanol–water partition coefficient (Wildman–Crippen LogP) is 4.38. The van der Waals surface area contributed by atoms with E-state index in [1.54, 1.807) is 35.0 Å². The van der Waals surface area contributed by atoms with E-state index in [2.05, 4.69) is 15.3 Å². The second-order valence-corrected chi connectivity index (χ2v) is 9.03. The second-order valence-electron chi connectivity index (χ2n) is 9.03. The van der Waals surface area contributed by atoms with Gasteiger partial charge in [0.1, 0.15) is 12.7 Å². The van der Waals surface area contributed by atoms with Gasteiger partial charge in [0.05, 0.1) is 17.4 Å². The quantitative estimate of drug-likeness (QED) is 0.410. The van der Waals surface area contributed by atoms with Crippen molar-refractivity contribution in [3.63, 3.8) is 0 Å². The summed E-state index contributed by atoms with van der Waals surface area (Å²) in [6.45, 7) is 0. The maximum Gasteiger partial charge on any atom is 0.254 e. The van der Waals surface area contributed by atoms with Gasteiger partial charge in [0, 0.05) is 35.5 Å². The molecule has 2 aliphatic heterocycles. The van der Waals surface area contributed by atoms with Crippen molar-refractivity contribution >= 4 is 5.91 Å². The molecule has 1 amide bonds. The van der Waals surface area contributed by atoms with E-state index in [1.165, 1.54) is 0 Å². The molecule has 2 aromatic heterocycles. The predicted molar refractivity (Wildman–Crippen MR) is 120 cm³/mol. The van der Waals surface area contributed by atoms with E-state index in [-0.39, 0.29) is 23.6 Å². The van der Waals surface area contributed by atoms with Crippen LogP contribution in [-0.2, 0) is 13.5 Å². The molecule has 0 spiro atoms. The van der Waals surface area contributed by atoms with Crippen LogP contribution in [0.15, 0.2) is 49.1 Å². The number of fused-ring (bicyclic) bond motifs is 4. The van der Waals surface area contributed by atoms with Gasteiger partial charge in [-0.2, -0.15) is 5.10 Å². The van der Waals surface area contributed by atoms with Crippen molar-refractivity contribution in [2.24, 2.45) is 7.05 Å². The molecule has 35 heavy (non-hydrogen) atoms. The molecule has 2 aliphatic rings. The average Bonchev–Trinajstić information content (AvgIpc) is 3.50. The fourth-order valence-electron chi connectivity index (χ4n) is 5.48. The number of aromatic nitrogens is 5. The number of halogens is 3. The highest BCUT2D eigenvalue weighted by molar-refractivity contribution is 5.95. The molecule has 2 atom stereocenters. The molecule has 0 N–H and O–H groups in total. The molecule has 0 unspecified atom stereocenters. The third kappa shape index (κ3) is 3.43. The first kappa shape index (κ1) is 21.6. The Bertz CT molecular complexity index is 1420. The molecule has 1 saturated heterocycles. The van der Waals surface area contributed by atoms with Crippen LogP contribution in [0.25, 0.3) is 16.9 Å². The average molecular weight is 478 g/mol. The summed E-state index contributed by atoms with van der Waals surface area (Å²) in [5, 5.41) is 12.3. The summed E-state index contributed by atoms with van der Waals surface area (Å²) >= 11 is 0. The van der Waals surface area contributed by atoms with Crippen LogP contribution in [0.3, 0.4) is 0 Å². The van der Waals surface area contributed by atoms with E-state index in [0.29, 0.717) is 17.7 Å². The molecule has 2 bridgehead atoms. The Balaban J connectivity index is 1.40. The van der Waals surface area contributed by atoms with Gasteiger partial charge < -0.3 is 4.90 Å². The summed E-state index contributed by atoms with van der Waals surface area (Å²) in [6, 6.07) is 8.97. The topological polar surface area (TPSA) is 68.8 Å². The van der Waals surface area contributed by atoms with Crippen LogP contribution in [0.1, 0.15) is 46.9 Å². The molecule has 2 aromatic carbocycles. The zero-order chi connectivity index (χ0) is 24.3. The zero-order valence-electron chi connectivity index (χ0n) is 18.8. The standard InChI is InChI=1S/C25H21F3N6O/c1-32-24(15-9-19(26)22(28)20(27)10-15)18-11-17-6-3-7-21(23(18)31-32)34(17)25(35)14-4-2-5-16(8-14)33-12-29-30-13-33/h2,4-5,8-10,12-13,17,21H,3,6-7,11H2,1H3/t17-,21+/m1/s1. The summed E-state index contributed by atoms with van der Waals surface area (Å²) < 4.78 is 44.9. The number of carbonyl (C=O) groups excluding carboxylic acids is 1. The van der Waals surface area contributed by atoms with Crippen molar-refractivity contribution in [2.75, 3.05) is 0 Å². The highest BCUT2D eigenvalue weighted by Gasteiger charge is 2.43. The number of nitrogens with zero attached hydrogens (tertiary/aromatic N) is 6. The third-order valence-corrected chi connectivity index (χ3v) is 6.98. The molecule has 6 rings (SSSR count). The number of benzene rings is 2. The van der Waals surface area contributed by atoms with E-state index < -0.39 is 17.5 Å². The summed E-state index contributed by atoms with van der Waals surface area (Å²) in [5.74, 6) is -4.06. The Morgan fingerprint density at radius 2 is 1.77 bits per heavy atom. The van der Waals surface area contributed by atoms with Gasteiger partial charge >= 0.3 is 0 Å². The van der Waals surface area contributed by atoms with Gasteiger partial charge in [-0.05, 0) is 56.0 Å². The van der Waals surface area contributed by atoms with Crippen molar-refractivity contribution in [3.05, 3.63) is 83.3 Å². The molecule has 1 fully saturated rings. The number of rotatable bonds is 3. The fourth-order valence-corrected chi connectivity index (χ4v) is 5.48. The van der Waals surface area contributed by atoms with Crippen molar-refractivity contribution in [2.45, 2.75) is 37.8 Å². The van der Waals surface area contributed by atoms with Crippen molar-refractivity contribution < 1.29 is 18.0 Å². The number of hydrogen-bond acceptors (Lipinski definition) is 4. The smallest absolute Gasteiger partial charge is 0.254 e. The molecule has 0 aliphatic carbocycles. The van der Waals surface area contributed by atoms with Gasteiger partial charge in [-0.25, -0.2) is 13.2 Å². The summed E-state index contributed by atoms with van der Waals surface area (Å²) in [6.07, 6.45) is 6.15. The van der Waals surface area contributed by atoms with E-state index >= 15 is 0 Å². The summed E-state index contributed by atoms with van der Waals surface area (Å²) in [5.41, 5.74) is 3.70. The zero-order valence-corrected chi connectivity index (χ0v) is 18.8. The van der Waals surface area contributed by atoms with Crippen molar-refractivity contribution in [1.29, 1.82) is 0 Å². The molecule has 7 nitrogen and oxygen atoms in total. The van der Waals surface area contributed by atoms with Crippen LogP contribution in [0, 0.1) is 17.5 Å². The molecular formula is C25H21F3N6O. The number of hydrogen-bond donors (Lipinski definition) is 0. The minimum atomic E-state index is -1.49.